The van der Waals surface area contributed by atoms with E-state index < -0.39 is 84.9 Å². The smallest absolute Gasteiger partial charge is 0.407 e. The van der Waals surface area contributed by atoms with Crippen molar-refractivity contribution in [2.45, 2.75) is 96.8 Å². The van der Waals surface area contributed by atoms with Crippen molar-refractivity contribution in [2.24, 2.45) is 5.41 Å². The molecule has 446 valence electrons. The highest BCUT2D eigenvalue weighted by molar-refractivity contribution is 7.99. The number of carbonyl (C=O) groups excluding carboxylic acids is 6. The maximum absolute atomic E-state index is 15.4. The van der Waals surface area contributed by atoms with Crippen LogP contribution in [-0.4, -0.2) is 183 Å². The van der Waals surface area contributed by atoms with Gasteiger partial charge < -0.3 is 59.3 Å². The molecule has 1 aliphatic rings. The first-order valence-corrected chi connectivity index (χ1v) is 31.7. The van der Waals surface area contributed by atoms with E-state index >= 15 is 4.39 Å². The van der Waals surface area contributed by atoms with Gasteiger partial charge in [-0.05, 0) is 59.9 Å². The lowest BCUT2D eigenvalue weighted by Crippen LogP contribution is -2.47. The Morgan fingerprint density at radius 2 is 1.35 bits per heavy atom. The first kappa shape index (κ1) is 67.0. The van der Waals surface area contributed by atoms with Crippen LogP contribution in [0.2, 0.25) is 25.7 Å². The van der Waals surface area contributed by atoms with E-state index in [9.17, 15) is 53.0 Å². The molecule has 3 aromatic rings. The number of aliphatic carboxylic acids is 2. The van der Waals surface area contributed by atoms with Crippen molar-refractivity contribution in [3.8, 4) is 11.1 Å². The average Bonchev–Trinajstić information content (AvgIpc) is 4.19. The summed E-state index contributed by atoms with van der Waals surface area (Å²) in [4.78, 5) is 103. The topological polar surface area (TPSA) is 271 Å². The van der Waals surface area contributed by atoms with Gasteiger partial charge in [-0.25, -0.2) is 23.2 Å². The van der Waals surface area contributed by atoms with Gasteiger partial charge in [-0.15, -0.1) is 0 Å². The molecule has 4 rings (SSSR count). The molecule has 0 saturated heterocycles. The van der Waals surface area contributed by atoms with Gasteiger partial charge in [-0.2, -0.15) is 11.8 Å². The number of amides is 6. The van der Waals surface area contributed by atoms with E-state index in [0.717, 1.165) is 52.6 Å². The predicted molar refractivity (Wildman–Crippen MR) is 301 cm³/mol. The van der Waals surface area contributed by atoms with Gasteiger partial charge in [0.15, 0.2) is 0 Å². The van der Waals surface area contributed by atoms with Crippen molar-refractivity contribution < 1.29 is 81.0 Å². The number of nitrogens with one attached hydrogen (secondary N) is 3. The maximum atomic E-state index is 15.4. The Bertz CT molecular complexity index is 2580. The molecule has 0 saturated carbocycles. The molecule has 2 heterocycles. The second-order valence-electron chi connectivity index (χ2n) is 21.3. The number of carboxylic acid groups (broad SMARTS) is 2. The van der Waals surface area contributed by atoms with Crippen LogP contribution in [0.1, 0.15) is 63.8 Å². The number of carbonyl (C=O) groups is 8. The van der Waals surface area contributed by atoms with Crippen LogP contribution in [0.3, 0.4) is 0 Å². The Labute approximate surface area is 476 Å². The molecule has 2 aromatic carbocycles. The van der Waals surface area contributed by atoms with Gasteiger partial charge in [-0.3, -0.25) is 28.9 Å². The van der Waals surface area contributed by atoms with Crippen molar-refractivity contribution in [2.75, 3.05) is 90.6 Å². The van der Waals surface area contributed by atoms with Crippen LogP contribution in [0, 0.1) is 17.0 Å². The largest absolute Gasteiger partial charge is 0.480 e. The number of ether oxygens (including phenoxy) is 5. The van der Waals surface area contributed by atoms with E-state index in [-0.39, 0.29) is 134 Å². The summed E-state index contributed by atoms with van der Waals surface area (Å²) < 4.78 is 59.1. The molecule has 0 spiro atoms. The first-order chi connectivity index (χ1) is 38.4. The summed E-state index contributed by atoms with van der Waals surface area (Å²) in [7, 11) is -1.59. The van der Waals surface area contributed by atoms with Crippen LogP contribution in [0.15, 0.2) is 72.9 Å². The molecule has 21 nitrogen and oxygen atoms in total. The number of hydrogen-bond acceptors (Lipinski definition) is 14. The molecule has 0 fully saturated rings. The molecular formula is C56H78F2N6O15SSi. The van der Waals surface area contributed by atoms with Gasteiger partial charge in [0.25, 0.3) is 11.8 Å². The van der Waals surface area contributed by atoms with Crippen molar-refractivity contribution in [3.05, 3.63) is 95.8 Å². The SMILES string of the molecule is CC(C)(C)[C@H](c1cc(-c2cc(F)ccc2F)cn1Cc1ccccc1)N(CC[C@H](NC(=O)OCC[Si](C)(C)C)C(=O)O)C(=O)CSCC[C@H](NC(=O)CCOCCOCCOCCOCCNC(=O)CCN1C(=O)C=CC1=O)C(=O)O. The van der Waals surface area contributed by atoms with Crippen molar-refractivity contribution in [1.29, 1.82) is 0 Å². The fraction of sp³-hybridized carbons (Fsp3) is 0.536. The highest BCUT2D eigenvalue weighted by Gasteiger charge is 2.38. The lowest BCUT2D eigenvalue weighted by Gasteiger charge is -2.41. The third kappa shape index (κ3) is 24.6. The molecule has 25 heteroatoms. The summed E-state index contributed by atoms with van der Waals surface area (Å²) in [5.74, 6) is -6.26. The molecule has 0 radical (unpaired) electrons. The van der Waals surface area contributed by atoms with E-state index in [1.165, 1.54) is 4.90 Å². The predicted octanol–water partition coefficient (Wildman–Crippen LogP) is 5.89. The number of halogens is 2. The lowest BCUT2D eigenvalue weighted by molar-refractivity contribution is -0.142. The summed E-state index contributed by atoms with van der Waals surface area (Å²) in [5, 5.41) is 27.9. The summed E-state index contributed by atoms with van der Waals surface area (Å²) in [5.41, 5.74) is 0.950. The van der Waals surface area contributed by atoms with Crippen molar-refractivity contribution >= 4 is 67.4 Å². The van der Waals surface area contributed by atoms with Crippen molar-refractivity contribution in [3.63, 3.8) is 0 Å². The fourth-order valence-electron chi connectivity index (χ4n) is 8.28. The number of imide groups is 1. The molecule has 5 N–H and O–H groups in total. The molecule has 0 aliphatic carbocycles. The maximum Gasteiger partial charge on any atom is 0.407 e. The molecule has 3 atom stereocenters. The molecule has 0 unspecified atom stereocenters. The highest BCUT2D eigenvalue weighted by Crippen LogP contribution is 2.41. The molecule has 0 bridgehead atoms. The van der Waals surface area contributed by atoms with Crippen LogP contribution < -0.4 is 16.0 Å². The van der Waals surface area contributed by atoms with Crippen LogP contribution in [0.25, 0.3) is 11.1 Å². The summed E-state index contributed by atoms with van der Waals surface area (Å²) >= 11 is 1.11. The summed E-state index contributed by atoms with van der Waals surface area (Å²) in [6, 6.07) is 11.3. The Morgan fingerprint density at radius 1 is 0.741 bits per heavy atom. The minimum absolute atomic E-state index is 0.00157. The van der Waals surface area contributed by atoms with Gasteiger partial charge in [0, 0.05) is 82.3 Å². The number of thioether (sulfide) groups is 1. The molecule has 1 aromatic heterocycles. The van der Waals surface area contributed by atoms with E-state index in [2.05, 4.69) is 35.6 Å². The molecule has 81 heavy (non-hydrogen) atoms. The third-order valence-electron chi connectivity index (χ3n) is 12.5. The van der Waals surface area contributed by atoms with E-state index in [1.54, 1.807) is 12.3 Å². The Balaban J connectivity index is 1.29. The Morgan fingerprint density at radius 3 is 1.95 bits per heavy atom. The second-order valence-corrected chi connectivity index (χ2v) is 28.0. The fourth-order valence-corrected chi connectivity index (χ4v) is 9.88. The van der Waals surface area contributed by atoms with Gasteiger partial charge in [0.05, 0.1) is 71.3 Å². The Hall–Kier alpha value is -6.51. The van der Waals surface area contributed by atoms with Gasteiger partial charge in [0.2, 0.25) is 17.7 Å². The number of carboxylic acids is 2. The van der Waals surface area contributed by atoms with Crippen LogP contribution >= 0.6 is 11.8 Å². The van der Waals surface area contributed by atoms with Crippen LogP contribution in [0.4, 0.5) is 13.6 Å². The van der Waals surface area contributed by atoms with Gasteiger partial charge in [0.1, 0.15) is 23.7 Å². The quantitative estimate of drug-likeness (QED) is 0.0254. The van der Waals surface area contributed by atoms with Gasteiger partial charge >= 0.3 is 18.0 Å². The molecule has 1 aliphatic heterocycles. The summed E-state index contributed by atoms with van der Waals surface area (Å²) in [6.07, 6.45) is 2.65. The zero-order valence-corrected chi connectivity index (χ0v) is 48.8. The standard InChI is InChI=1S/C56H78F2N6O15SSi/c1-56(2,3)52(46-34-40(42-35-41(57)12-13-43(42)58)37-62(46)36-39-10-8-7-9-11-39)64(21-16-44(53(70)71)61-55(74)79-31-33-81(4,5)6)51(69)38-80-32-19-45(54(72)73)60-48(66)18-23-75-25-27-77-29-30-78-28-26-76-24-20-59-47(65)17-22-63-49(67)14-15-50(63)68/h7-15,34-35,37,44-45,52H,16-33,36,38H2,1-6H3,(H,59,65)(H,60,66)(H,61,74)(H,70,71)(H,72,73)/t44-,45-,52-/m0/s1. The zero-order chi connectivity index (χ0) is 59.5. The Kier molecular flexibility index (Phi) is 28.2. The van der Waals surface area contributed by atoms with E-state index in [1.807, 2.05) is 55.7 Å². The number of benzene rings is 2. The van der Waals surface area contributed by atoms with Crippen molar-refractivity contribution in [1.82, 2.24) is 30.3 Å². The van der Waals surface area contributed by atoms with E-state index in [4.69, 9.17) is 23.7 Å². The van der Waals surface area contributed by atoms with Crippen LogP contribution in [0.5, 0.6) is 0 Å². The number of aromatic nitrogens is 1. The third-order valence-corrected chi connectivity index (χ3v) is 15.1. The minimum Gasteiger partial charge on any atom is -0.480 e. The monoisotopic (exact) mass is 1170 g/mol. The van der Waals surface area contributed by atoms with Crippen LogP contribution in [-0.2, 0) is 63.8 Å². The number of hydrogen-bond donors (Lipinski definition) is 5. The average molecular weight is 1170 g/mol. The number of rotatable bonds is 38. The van der Waals surface area contributed by atoms with E-state index in [0.29, 0.717) is 17.3 Å². The first-order valence-electron chi connectivity index (χ1n) is 26.8. The second kappa shape index (κ2) is 34.1. The molecular weight excluding hydrogens is 1090 g/mol. The normalized spacial score (nSPS) is 13.7. The zero-order valence-electron chi connectivity index (χ0n) is 47.0. The minimum atomic E-state index is -1.59. The van der Waals surface area contributed by atoms with Gasteiger partial charge in [-0.1, -0.05) is 70.7 Å². The number of alkyl carbamates (subject to hydrolysis) is 1. The molecule has 6 amide bonds. The highest BCUT2D eigenvalue weighted by atomic mass is 32.2. The number of nitrogens with zero attached hydrogens (tertiary/aromatic N) is 3. The lowest BCUT2D eigenvalue weighted by atomic mass is 9.82. The summed E-state index contributed by atoms with van der Waals surface area (Å²) in [6.45, 7) is 14.1.